The molecule has 1 rings (SSSR count). The molecule has 0 saturated heterocycles. The van der Waals surface area contributed by atoms with E-state index in [1.807, 2.05) is 4.68 Å². The number of aromatic nitrogens is 2. The van der Waals surface area contributed by atoms with Crippen LogP contribution in [0.15, 0.2) is 6.20 Å². The van der Waals surface area contributed by atoms with Gasteiger partial charge in [-0.05, 0) is 26.4 Å². The van der Waals surface area contributed by atoms with Crippen LogP contribution in [0.2, 0.25) is 0 Å². The Morgan fingerprint density at radius 3 is 2.70 bits per heavy atom. The molecule has 0 spiro atoms. The molecule has 0 fully saturated rings. The van der Waals surface area contributed by atoms with E-state index in [9.17, 15) is 0 Å². The second kappa shape index (κ2) is 8.24. The van der Waals surface area contributed by atoms with Crippen molar-refractivity contribution in [3.05, 3.63) is 11.9 Å². The quantitative estimate of drug-likeness (QED) is 0.529. The second-order valence-electron chi connectivity index (χ2n) is 5.59. The van der Waals surface area contributed by atoms with E-state index < -0.39 is 0 Å². The normalized spacial score (nSPS) is 14.6. The summed E-state index contributed by atoms with van der Waals surface area (Å²) in [6, 6.07) is 0.0598. The zero-order valence-corrected chi connectivity index (χ0v) is 13.4. The highest BCUT2D eigenvalue weighted by Gasteiger charge is 2.22. The van der Waals surface area contributed by atoms with Gasteiger partial charge in [-0.25, -0.2) is 0 Å². The predicted octanol–water partition coefficient (Wildman–Crippen LogP) is 1.39. The lowest BCUT2D eigenvalue weighted by molar-refractivity contribution is 0.336. The minimum atomic E-state index is 0.0598. The molecule has 6 nitrogen and oxygen atoms in total. The van der Waals surface area contributed by atoms with Crippen molar-refractivity contribution in [1.29, 1.82) is 0 Å². The summed E-state index contributed by atoms with van der Waals surface area (Å²) in [5, 5.41) is 4.43. The fourth-order valence-corrected chi connectivity index (χ4v) is 2.19. The Hall–Kier alpha value is -1.11. The van der Waals surface area contributed by atoms with E-state index in [1.165, 1.54) is 0 Å². The largest absolute Gasteiger partial charge is 0.493 e. The van der Waals surface area contributed by atoms with Crippen molar-refractivity contribution >= 4 is 0 Å². The lowest BCUT2D eigenvalue weighted by atomic mass is 9.97. The van der Waals surface area contributed by atoms with E-state index in [-0.39, 0.29) is 6.04 Å². The van der Waals surface area contributed by atoms with Crippen LogP contribution in [-0.4, -0.2) is 42.4 Å². The maximum absolute atomic E-state index is 5.76. The molecule has 0 bridgehead atoms. The monoisotopic (exact) mass is 283 g/mol. The lowest BCUT2D eigenvalue weighted by Gasteiger charge is -2.22. The molecule has 6 heteroatoms. The summed E-state index contributed by atoms with van der Waals surface area (Å²) in [5.41, 5.74) is 3.96. The summed E-state index contributed by atoms with van der Waals surface area (Å²) in [6.07, 6.45) is 3.87. The van der Waals surface area contributed by atoms with Gasteiger partial charge >= 0.3 is 0 Å². The van der Waals surface area contributed by atoms with Crippen LogP contribution in [0.4, 0.5) is 0 Å². The molecule has 3 N–H and O–H groups in total. The second-order valence-corrected chi connectivity index (χ2v) is 5.59. The summed E-state index contributed by atoms with van der Waals surface area (Å²) in [5.74, 6) is 7.15. The fourth-order valence-electron chi connectivity index (χ4n) is 2.19. The molecule has 0 radical (unpaired) electrons. The Labute approximate surface area is 122 Å². The summed E-state index contributed by atoms with van der Waals surface area (Å²) >= 11 is 0. The number of hydrogen-bond donors (Lipinski definition) is 2. The standard InChI is InChI=1S/C14H29N5O/c1-6-11(2)9-12(17-15)14-13(20-5)10-16-19(14)8-7-18(3)4/h10-12,17H,6-9,15H2,1-5H3. The summed E-state index contributed by atoms with van der Waals surface area (Å²) in [6.45, 7) is 6.18. The minimum Gasteiger partial charge on any atom is -0.493 e. The Bertz CT molecular complexity index is 391. The number of nitrogens with zero attached hydrogens (tertiary/aromatic N) is 3. The molecule has 0 aliphatic carbocycles. The van der Waals surface area contributed by atoms with Crippen molar-refractivity contribution in [2.24, 2.45) is 11.8 Å². The predicted molar refractivity (Wildman–Crippen MR) is 81.5 cm³/mol. The van der Waals surface area contributed by atoms with E-state index in [2.05, 4.69) is 43.4 Å². The van der Waals surface area contributed by atoms with Gasteiger partial charge in [0.25, 0.3) is 0 Å². The maximum atomic E-state index is 5.76. The summed E-state index contributed by atoms with van der Waals surface area (Å²) in [4.78, 5) is 2.14. The van der Waals surface area contributed by atoms with Crippen LogP contribution in [-0.2, 0) is 6.54 Å². The van der Waals surface area contributed by atoms with E-state index >= 15 is 0 Å². The minimum absolute atomic E-state index is 0.0598. The molecule has 1 aromatic rings. The van der Waals surface area contributed by atoms with E-state index in [1.54, 1.807) is 13.3 Å². The molecular formula is C14H29N5O. The van der Waals surface area contributed by atoms with Crippen molar-refractivity contribution in [1.82, 2.24) is 20.1 Å². The number of likely N-dealkylation sites (N-methyl/N-ethyl adjacent to an activating group) is 1. The third-order valence-corrected chi connectivity index (χ3v) is 3.69. The van der Waals surface area contributed by atoms with Gasteiger partial charge in [-0.3, -0.25) is 16.0 Å². The number of methoxy groups -OCH3 is 1. The highest BCUT2D eigenvalue weighted by Crippen LogP contribution is 2.29. The zero-order valence-electron chi connectivity index (χ0n) is 13.4. The van der Waals surface area contributed by atoms with Crippen molar-refractivity contribution in [3.8, 4) is 5.75 Å². The Kier molecular flexibility index (Phi) is 6.98. The van der Waals surface area contributed by atoms with Gasteiger partial charge in [-0.15, -0.1) is 0 Å². The SMILES string of the molecule is CCC(C)CC(NN)c1c(OC)cnn1CCN(C)C. The van der Waals surface area contributed by atoms with Crippen LogP contribution in [0.1, 0.15) is 38.4 Å². The van der Waals surface area contributed by atoms with Gasteiger partial charge in [0.2, 0.25) is 0 Å². The number of rotatable bonds is 9. The third-order valence-electron chi connectivity index (χ3n) is 3.69. The molecule has 1 aromatic heterocycles. The molecule has 0 saturated carbocycles. The molecule has 0 aliphatic rings. The van der Waals surface area contributed by atoms with Gasteiger partial charge < -0.3 is 9.64 Å². The number of hydrazine groups is 1. The highest BCUT2D eigenvalue weighted by molar-refractivity contribution is 5.28. The molecule has 0 amide bonds. The topological polar surface area (TPSA) is 68.3 Å². The number of nitrogens with one attached hydrogen (secondary N) is 1. The van der Waals surface area contributed by atoms with Crippen LogP contribution in [0.25, 0.3) is 0 Å². The van der Waals surface area contributed by atoms with Gasteiger partial charge in [0.15, 0.2) is 5.75 Å². The molecule has 0 aromatic carbocycles. The number of nitrogens with two attached hydrogens (primary N) is 1. The zero-order chi connectivity index (χ0) is 15.1. The van der Waals surface area contributed by atoms with Crippen LogP contribution in [0, 0.1) is 5.92 Å². The highest BCUT2D eigenvalue weighted by atomic mass is 16.5. The smallest absolute Gasteiger partial charge is 0.161 e. The van der Waals surface area contributed by atoms with Gasteiger partial charge in [0.05, 0.1) is 31.6 Å². The van der Waals surface area contributed by atoms with E-state index in [0.29, 0.717) is 5.92 Å². The molecule has 1 heterocycles. The first-order valence-corrected chi connectivity index (χ1v) is 7.23. The summed E-state index contributed by atoms with van der Waals surface area (Å²) < 4.78 is 7.43. The van der Waals surface area contributed by atoms with Gasteiger partial charge in [0.1, 0.15) is 0 Å². The Morgan fingerprint density at radius 2 is 2.20 bits per heavy atom. The molecule has 116 valence electrons. The first-order valence-electron chi connectivity index (χ1n) is 7.23. The van der Waals surface area contributed by atoms with E-state index in [4.69, 9.17) is 10.6 Å². The molecule has 2 atom stereocenters. The molecular weight excluding hydrogens is 254 g/mol. The van der Waals surface area contributed by atoms with Crippen molar-refractivity contribution in [2.75, 3.05) is 27.7 Å². The number of hydrogen-bond acceptors (Lipinski definition) is 5. The molecule has 0 aliphatic heterocycles. The van der Waals surface area contributed by atoms with Crippen LogP contribution in [0.3, 0.4) is 0 Å². The van der Waals surface area contributed by atoms with Gasteiger partial charge in [-0.1, -0.05) is 20.3 Å². The number of ether oxygens (including phenoxy) is 1. The average Bonchev–Trinajstić information content (AvgIpc) is 2.84. The Morgan fingerprint density at radius 1 is 1.50 bits per heavy atom. The average molecular weight is 283 g/mol. The van der Waals surface area contributed by atoms with Crippen LogP contribution < -0.4 is 16.0 Å². The molecule has 2 unspecified atom stereocenters. The van der Waals surface area contributed by atoms with Crippen molar-refractivity contribution < 1.29 is 4.74 Å². The van der Waals surface area contributed by atoms with Crippen LogP contribution in [0.5, 0.6) is 5.75 Å². The first-order chi connectivity index (χ1) is 9.53. The van der Waals surface area contributed by atoms with Crippen LogP contribution >= 0.6 is 0 Å². The fraction of sp³-hybridized carbons (Fsp3) is 0.786. The van der Waals surface area contributed by atoms with Gasteiger partial charge in [0, 0.05) is 6.54 Å². The summed E-state index contributed by atoms with van der Waals surface area (Å²) in [7, 11) is 5.78. The van der Waals surface area contributed by atoms with Crippen molar-refractivity contribution in [2.45, 2.75) is 39.3 Å². The Balaban J connectivity index is 2.95. The van der Waals surface area contributed by atoms with Gasteiger partial charge in [-0.2, -0.15) is 5.10 Å². The van der Waals surface area contributed by atoms with Crippen molar-refractivity contribution in [3.63, 3.8) is 0 Å². The third kappa shape index (κ3) is 4.47. The lowest BCUT2D eigenvalue weighted by Crippen LogP contribution is -2.32. The molecule has 20 heavy (non-hydrogen) atoms. The maximum Gasteiger partial charge on any atom is 0.161 e. The first kappa shape index (κ1) is 16.9. The van der Waals surface area contributed by atoms with E-state index in [0.717, 1.165) is 37.4 Å².